The van der Waals surface area contributed by atoms with Crippen LogP contribution in [-0.4, -0.2) is 35.2 Å². The molecule has 128 valence electrons. The van der Waals surface area contributed by atoms with Gasteiger partial charge in [0.1, 0.15) is 0 Å². The Balaban J connectivity index is 0.00000208. The highest BCUT2D eigenvalue weighted by atomic mass is 35.5. The molecule has 0 radical (unpaired) electrons. The lowest BCUT2D eigenvalue weighted by Crippen LogP contribution is -2.48. The molecule has 1 aliphatic heterocycles. The zero-order valence-corrected chi connectivity index (χ0v) is 14.2. The Kier molecular flexibility index (Phi) is 6.52. The van der Waals surface area contributed by atoms with E-state index in [1.54, 1.807) is 6.20 Å². The highest BCUT2D eigenvalue weighted by Crippen LogP contribution is 2.17. The summed E-state index contributed by atoms with van der Waals surface area (Å²) in [7, 11) is 0. The molecule has 1 aromatic heterocycles. The number of halogens is 1. The number of anilines is 1. The lowest BCUT2D eigenvalue weighted by atomic mass is 10.0. The maximum atomic E-state index is 12.4. The van der Waals surface area contributed by atoms with Gasteiger partial charge in [0.2, 0.25) is 0 Å². The summed E-state index contributed by atoms with van der Waals surface area (Å²) in [4.78, 5) is 14.5. The van der Waals surface area contributed by atoms with Crippen LogP contribution in [0.4, 0.5) is 5.82 Å². The summed E-state index contributed by atoms with van der Waals surface area (Å²) >= 11 is 0. The molecule has 6 nitrogen and oxygen atoms in total. The fraction of sp³-hybridized carbons (Fsp3) is 0.353. The van der Waals surface area contributed by atoms with Gasteiger partial charge in [-0.15, -0.1) is 17.5 Å². The number of aromatic nitrogens is 2. The van der Waals surface area contributed by atoms with E-state index in [2.05, 4.69) is 20.4 Å². The van der Waals surface area contributed by atoms with Gasteiger partial charge in [0.05, 0.1) is 0 Å². The predicted octanol–water partition coefficient (Wildman–Crippen LogP) is 1.76. The van der Waals surface area contributed by atoms with Crippen molar-refractivity contribution in [3.63, 3.8) is 0 Å². The van der Waals surface area contributed by atoms with Crippen LogP contribution in [0.25, 0.3) is 0 Å². The Labute approximate surface area is 147 Å². The molecule has 1 amide bonds. The monoisotopic (exact) mass is 347 g/mol. The number of amides is 1. The molecule has 3 rings (SSSR count). The van der Waals surface area contributed by atoms with Crippen LogP contribution in [0.5, 0.6) is 0 Å². The molecular weight excluding hydrogens is 326 g/mol. The number of nitrogens with one attached hydrogen (secondary N) is 1. The van der Waals surface area contributed by atoms with Gasteiger partial charge in [0.15, 0.2) is 5.82 Å². The van der Waals surface area contributed by atoms with E-state index in [-0.39, 0.29) is 24.4 Å². The van der Waals surface area contributed by atoms with E-state index >= 15 is 0 Å². The van der Waals surface area contributed by atoms with Gasteiger partial charge in [0.25, 0.3) is 5.91 Å². The van der Waals surface area contributed by atoms with Gasteiger partial charge < -0.3 is 16.0 Å². The van der Waals surface area contributed by atoms with Gasteiger partial charge in [-0.2, -0.15) is 5.10 Å². The van der Waals surface area contributed by atoms with Crippen LogP contribution in [0.2, 0.25) is 0 Å². The summed E-state index contributed by atoms with van der Waals surface area (Å²) in [6.07, 6.45) is 3.66. The second kappa shape index (κ2) is 8.61. The molecule has 2 aromatic rings. The number of benzene rings is 1. The van der Waals surface area contributed by atoms with Crippen molar-refractivity contribution in [2.24, 2.45) is 5.73 Å². The van der Waals surface area contributed by atoms with Gasteiger partial charge in [-0.3, -0.25) is 4.79 Å². The molecule has 0 spiro atoms. The van der Waals surface area contributed by atoms with Crippen molar-refractivity contribution in [2.45, 2.75) is 25.4 Å². The minimum absolute atomic E-state index is 0. The predicted molar refractivity (Wildman–Crippen MR) is 96.3 cm³/mol. The lowest BCUT2D eigenvalue weighted by molar-refractivity contribution is 0.0933. The maximum Gasteiger partial charge on any atom is 0.251 e. The maximum absolute atomic E-state index is 12.4. The van der Waals surface area contributed by atoms with Crippen LogP contribution in [0.1, 0.15) is 28.8 Å². The topological polar surface area (TPSA) is 84.1 Å². The van der Waals surface area contributed by atoms with Gasteiger partial charge in [-0.1, -0.05) is 12.1 Å². The third-order valence-corrected chi connectivity index (χ3v) is 4.09. The number of nitrogens with two attached hydrogens (primary N) is 1. The average molecular weight is 348 g/mol. The molecule has 1 aromatic carbocycles. The number of rotatable bonds is 4. The van der Waals surface area contributed by atoms with E-state index in [1.807, 2.05) is 36.4 Å². The molecule has 2 heterocycles. The first kappa shape index (κ1) is 18.2. The third kappa shape index (κ3) is 4.43. The van der Waals surface area contributed by atoms with E-state index < -0.39 is 0 Å². The summed E-state index contributed by atoms with van der Waals surface area (Å²) in [5.41, 5.74) is 7.27. The fourth-order valence-corrected chi connectivity index (χ4v) is 2.83. The van der Waals surface area contributed by atoms with Crippen LogP contribution in [-0.2, 0) is 6.54 Å². The first-order chi connectivity index (χ1) is 11.3. The molecule has 7 heteroatoms. The van der Waals surface area contributed by atoms with Crippen molar-refractivity contribution in [1.29, 1.82) is 0 Å². The van der Waals surface area contributed by atoms with E-state index in [0.29, 0.717) is 12.1 Å². The fourth-order valence-electron chi connectivity index (χ4n) is 2.83. The lowest BCUT2D eigenvalue weighted by Gasteiger charge is -2.33. The van der Waals surface area contributed by atoms with Gasteiger partial charge in [0, 0.05) is 37.4 Å². The standard InChI is InChI=1S/C17H21N5O.ClH/c18-11-13-5-7-14(8-6-13)17(23)20-15-3-2-10-22(12-15)16-4-1-9-19-21-16;/h1,4-9,15H,2-3,10-12,18H2,(H,20,23);1H. The minimum Gasteiger partial charge on any atom is -0.353 e. The van der Waals surface area contributed by atoms with Crippen molar-refractivity contribution in [3.05, 3.63) is 53.7 Å². The molecule has 0 saturated carbocycles. The summed E-state index contributed by atoms with van der Waals surface area (Å²) in [5, 5.41) is 11.2. The SMILES string of the molecule is Cl.NCc1ccc(C(=O)NC2CCCN(c3cccnn3)C2)cc1. The van der Waals surface area contributed by atoms with E-state index in [9.17, 15) is 4.79 Å². The zero-order chi connectivity index (χ0) is 16.1. The van der Waals surface area contributed by atoms with Crippen molar-refractivity contribution in [2.75, 3.05) is 18.0 Å². The van der Waals surface area contributed by atoms with Gasteiger partial charge in [-0.05, 0) is 42.7 Å². The number of carbonyl (C=O) groups excluding carboxylic acids is 1. The van der Waals surface area contributed by atoms with Crippen LogP contribution >= 0.6 is 12.4 Å². The molecule has 24 heavy (non-hydrogen) atoms. The number of carbonyl (C=O) groups is 1. The Morgan fingerprint density at radius 3 is 2.75 bits per heavy atom. The third-order valence-electron chi connectivity index (χ3n) is 4.09. The van der Waals surface area contributed by atoms with Crippen LogP contribution in [0, 0.1) is 0 Å². The second-order valence-corrected chi connectivity index (χ2v) is 5.74. The first-order valence-corrected chi connectivity index (χ1v) is 7.89. The summed E-state index contributed by atoms with van der Waals surface area (Å²) in [5.74, 6) is 0.818. The number of hydrogen-bond acceptors (Lipinski definition) is 5. The molecule has 1 atom stereocenters. The Hall–Kier alpha value is -2.18. The van der Waals surface area contributed by atoms with E-state index in [0.717, 1.165) is 37.3 Å². The molecular formula is C17H22ClN5O. The summed E-state index contributed by atoms with van der Waals surface area (Å²) < 4.78 is 0. The molecule has 1 unspecified atom stereocenters. The number of nitrogens with zero attached hydrogens (tertiary/aromatic N) is 3. The van der Waals surface area contributed by atoms with Crippen molar-refractivity contribution < 1.29 is 4.79 Å². The van der Waals surface area contributed by atoms with Crippen molar-refractivity contribution in [1.82, 2.24) is 15.5 Å². The Bertz CT molecular complexity index is 650. The molecule has 1 saturated heterocycles. The normalized spacial score (nSPS) is 17.0. The number of hydrogen-bond donors (Lipinski definition) is 2. The number of piperidine rings is 1. The van der Waals surface area contributed by atoms with E-state index in [1.165, 1.54) is 0 Å². The average Bonchev–Trinajstić information content (AvgIpc) is 2.63. The summed E-state index contributed by atoms with van der Waals surface area (Å²) in [6, 6.07) is 11.4. The second-order valence-electron chi connectivity index (χ2n) is 5.74. The van der Waals surface area contributed by atoms with Crippen LogP contribution in [0.15, 0.2) is 42.6 Å². The Morgan fingerprint density at radius 2 is 2.08 bits per heavy atom. The quantitative estimate of drug-likeness (QED) is 0.880. The van der Waals surface area contributed by atoms with Crippen molar-refractivity contribution in [3.8, 4) is 0 Å². The zero-order valence-electron chi connectivity index (χ0n) is 13.4. The molecule has 3 N–H and O–H groups in total. The van der Waals surface area contributed by atoms with Gasteiger partial charge >= 0.3 is 0 Å². The molecule has 1 fully saturated rings. The first-order valence-electron chi connectivity index (χ1n) is 7.89. The highest BCUT2D eigenvalue weighted by Gasteiger charge is 2.22. The van der Waals surface area contributed by atoms with Crippen LogP contribution < -0.4 is 16.0 Å². The minimum atomic E-state index is -0.0421. The molecule has 1 aliphatic rings. The largest absolute Gasteiger partial charge is 0.353 e. The molecule has 0 bridgehead atoms. The van der Waals surface area contributed by atoms with Gasteiger partial charge in [-0.25, -0.2) is 0 Å². The summed E-state index contributed by atoms with van der Waals surface area (Å²) in [6.45, 7) is 2.18. The van der Waals surface area contributed by atoms with E-state index in [4.69, 9.17) is 5.73 Å². The van der Waals surface area contributed by atoms with Crippen LogP contribution in [0.3, 0.4) is 0 Å². The highest BCUT2D eigenvalue weighted by molar-refractivity contribution is 5.94. The smallest absolute Gasteiger partial charge is 0.251 e. The van der Waals surface area contributed by atoms with Crippen molar-refractivity contribution >= 4 is 24.1 Å². The molecule has 0 aliphatic carbocycles. The Morgan fingerprint density at radius 1 is 1.29 bits per heavy atom.